The number of aryl methyl sites for hydroxylation is 2. The summed E-state index contributed by atoms with van der Waals surface area (Å²) in [4.78, 5) is 0.319. The van der Waals surface area contributed by atoms with Crippen molar-refractivity contribution in [1.29, 1.82) is 0 Å². The van der Waals surface area contributed by atoms with Crippen molar-refractivity contribution >= 4 is 10.0 Å². The Hall–Kier alpha value is -0.920. The molecule has 0 bridgehead atoms. The molecule has 1 fully saturated rings. The number of hydrogen-bond donors (Lipinski definition) is 2. The van der Waals surface area contributed by atoms with Gasteiger partial charge in [0.15, 0.2) is 0 Å². The zero-order valence-electron chi connectivity index (χ0n) is 11.7. The van der Waals surface area contributed by atoms with Gasteiger partial charge in [0.2, 0.25) is 10.0 Å². The van der Waals surface area contributed by atoms with Crippen LogP contribution >= 0.6 is 0 Å². The molecule has 1 atom stereocenters. The first kappa shape index (κ1) is 14.5. The third-order valence-electron chi connectivity index (χ3n) is 3.72. The van der Waals surface area contributed by atoms with Crippen LogP contribution in [0, 0.1) is 19.8 Å². The highest BCUT2D eigenvalue weighted by Crippen LogP contribution is 2.18. The van der Waals surface area contributed by atoms with Gasteiger partial charge in [0.1, 0.15) is 4.90 Å². The zero-order chi connectivity index (χ0) is 14.0. The second kappa shape index (κ2) is 5.60. The lowest BCUT2D eigenvalue weighted by Gasteiger charge is -2.10. The van der Waals surface area contributed by atoms with E-state index in [1.54, 1.807) is 25.6 Å². The van der Waals surface area contributed by atoms with E-state index in [1.165, 1.54) is 0 Å². The molecule has 1 saturated heterocycles. The van der Waals surface area contributed by atoms with Gasteiger partial charge in [0, 0.05) is 13.6 Å². The Morgan fingerprint density at radius 3 is 2.74 bits per heavy atom. The molecule has 2 rings (SSSR count). The van der Waals surface area contributed by atoms with Crippen LogP contribution in [0.4, 0.5) is 0 Å². The molecule has 19 heavy (non-hydrogen) atoms. The highest BCUT2D eigenvalue weighted by atomic mass is 32.2. The lowest BCUT2D eigenvalue weighted by molar-refractivity contribution is 0.519. The SMILES string of the molecule is Cc1nn(C)c(C)c1S(=O)(=O)NCC[C@H]1CCNC1. The molecule has 0 aliphatic carbocycles. The van der Waals surface area contributed by atoms with E-state index in [2.05, 4.69) is 15.1 Å². The molecule has 108 valence electrons. The average Bonchev–Trinajstić information content (AvgIpc) is 2.88. The topological polar surface area (TPSA) is 76.0 Å². The maximum atomic E-state index is 12.3. The Labute approximate surface area is 114 Å². The third-order valence-corrected chi connectivity index (χ3v) is 5.43. The Balaban J connectivity index is 2.01. The molecule has 0 radical (unpaired) electrons. The van der Waals surface area contributed by atoms with Crippen molar-refractivity contribution in [3.05, 3.63) is 11.4 Å². The van der Waals surface area contributed by atoms with E-state index in [0.717, 1.165) is 25.9 Å². The molecule has 2 heterocycles. The summed E-state index contributed by atoms with van der Waals surface area (Å²) in [6.45, 7) is 6.02. The molecule has 2 N–H and O–H groups in total. The van der Waals surface area contributed by atoms with E-state index in [0.29, 0.717) is 28.7 Å². The molecule has 1 aliphatic heterocycles. The lowest BCUT2D eigenvalue weighted by Crippen LogP contribution is -2.27. The Morgan fingerprint density at radius 1 is 1.47 bits per heavy atom. The fourth-order valence-electron chi connectivity index (χ4n) is 2.57. The van der Waals surface area contributed by atoms with E-state index in [1.807, 2.05) is 0 Å². The Kier molecular flexibility index (Phi) is 4.27. The highest BCUT2D eigenvalue weighted by Gasteiger charge is 2.24. The second-order valence-electron chi connectivity index (χ2n) is 5.17. The normalized spacial score (nSPS) is 20.1. The fraction of sp³-hybridized carbons (Fsp3) is 0.750. The van der Waals surface area contributed by atoms with Crippen LogP contribution in [-0.4, -0.2) is 37.8 Å². The van der Waals surface area contributed by atoms with Crippen LogP contribution in [0.3, 0.4) is 0 Å². The van der Waals surface area contributed by atoms with Gasteiger partial charge < -0.3 is 5.32 Å². The number of sulfonamides is 1. The van der Waals surface area contributed by atoms with Crippen LogP contribution in [0.5, 0.6) is 0 Å². The molecule has 0 unspecified atom stereocenters. The second-order valence-corrected chi connectivity index (χ2v) is 6.87. The minimum Gasteiger partial charge on any atom is -0.316 e. The minimum atomic E-state index is -3.45. The Morgan fingerprint density at radius 2 is 2.21 bits per heavy atom. The fourth-order valence-corrected chi connectivity index (χ4v) is 4.06. The van der Waals surface area contributed by atoms with Crippen LogP contribution in [0.2, 0.25) is 0 Å². The zero-order valence-corrected chi connectivity index (χ0v) is 12.5. The molecular weight excluding hydrogens is 264 g/mol. The quantitative estimate of drug-likeness (QED) is 0.817. The summed E-state index contributed by atoms with van der Waals surface area (Å²) in [6, 6.07) is 0. The number of nitrogens with one attached hydrogen (secondary N) is 2. The van der Waals surface area contributed by atoms with E-state index in [9.17, 15) is 8.42 Å². The average molecular weight is 286 g/mol. The van der Waals surface area contributed by atoms with Crippen molar-refractivity contribution in [1.82, 2.24) is 19.8 Å². The van der Waals surface area contributed by atoms with Gasteiger partial charge in [-0.2, -0.15) is 5.10 Å². The largest absolute Gasteiger partial charge is 0.316 e. The van der Waals surface area contributed by atoms with Crippen LogP contribution in [0.1, 0.15) is 24.2 Å². The van der Waals surface area contributed by atoms with Crippen molar-refractivity contribution in [3.8, 4) is 0 Å². The molecule has 1 aromatic rings. The molecule has 6 nitrogen and oxygen atoms in total. The van der Waals surface area contributed by atoms with Gasteiger partial charge in [-0.15, -0.1) is 0 Å². The molecule has 0 spiro atoms. The third kappa shape index (κ3) is 3.16. The van der Waals surface area contributed by atoms with Gasteiger partial charge in [0.25, 0.3) is 0 Å². The van der Waals surface area contributed by atoms with Crippen molar-refractivity contribution in [3.63, 3.8) is 0 Å². The summed E-state index contributed by atoms with van der Waals surface area (Å²) < 4.78 is 28.9. The van der Waals surface area contributed by atoms with Crippen LogP contribution in [-0.2, 0) is 17.1 Å². The molecule has 1 aromatic heterocycles. The first-order chi connectivity index (χ1) is 8.92. The molecule has 7 heteroatoms. The van der Waals surface area contributed by atoms with Gasteiger partial charge in [0.05, 0.1) is 11.4 Å². The van der Waals surface area contributed by atoms with Gasteiger partial charge in [-0.1, -0.05) is 0 Å². The lowest BCUT2D eigenvalue weighted by atomic mass is 10.1. The van der Waals surface area contributed by atoms with Crippen molar-refractivity contribution in [2.24, 2.45) is 13.0 Å². The molecule has 0 aromatic carbocycles. The van der Waals surface area contributed by atoms with E-state index >= 15 is 0 Å². The number of aromatic nitrogens is 2. The molecule has 0 saturated carbocycles. The van der Waals surface area contributed by atoms with E-state index in [-0.39, 0.29) is 0 Å². The van der Waals surface area contributed by atoms with Crippen molar-refractivity contribution < 1.29 is 8.42 Å². The van der Waals surface area contributed by atoms with Gasteiger partial charge in [-0.3, -0.25) is 4.68 Å². The highest BCUT2D eigenvalue weighted by molar-refractivity contribution is 7.89. The van der Waals surface area contributed by atoms with E-state index in [4.69, 9.17) is 0 Å². The maximum absolute atomic E-state index is 12.3. The minimum absolute atomic E-state index is 0.319. The molecule has 0 amide bonds. The van der Waals surface area contributed by atoms with Gasteiger partial charge in [-0.05, 0) is 45.7 Å². The summed E-state index contributed by atoms with van der Waals surface area (Å²) in [6.07, 6.45) is 2.01. The predicted octanol–water partition coefficient (Wildman–Crippen LogP) is 0.315. The number of hydrogen-bond acceptors (Lipinski definition) is 4. The van der Waals surface area contributed by atoms with Gasteiger partial charge >= 0.3 is 0 Å². The van der Waals surface area contributed by atoms with Crippen molar-refractivity contribution in [2.75, 3.05) is 19.6 Å². The summed E-state index contributed by atoms with van der Waals surface area (Å²) in [5.74, 6) is 0.582. The smallest absolute Gasteiger partial charge is 0.244 e. The van der Waals surface area contributed by atoms with Crippen molar-refractivity contribution in [2.45, 2.75) is 31.6 Å². The number of nitrogens with zero attached hydrogens (tertiary/aromatic N) is 2. The van der Waals surface area contributed by atoms with Crippen LogP contribution < -0.4 is 10.0 Å². The van der Waals surface area contributed by atoms with E-state index < -0.39 is 10.0 Å². The van der Waals surface area contributed by atoms with Crippen LogP contribution in [0.25, 0.3) is 0 Å². The Bertz CT molecular complexity index is 544. The van der Waals surface area contributed by atoms with Gasteiger partial charge in [-0.25, -0.2) is 13.1 Å². The summed E-state index contributed by atoms with van der Waals surface area (Å²) >= 11 is 0. The summed E-state index contributed by atoms with van der Waals surface area (Å²) in [5, 5.41) is 7.43. The predicted molar refractivity (Wildman–Crippen MR) is 73.5 cm³/mol. The number of rotatable bonds is 5. The van der Waals surface area contributed by atoms with Crippen LogP contribution in [0.15, 0.2) is 4.90 Å². The first-order valence-electron chi connectivity index (χ1n) is 6.62. The first-order valence-corrected chi connectivity index (χ1v) is 8.10. The summed E-state index contributed by atoms with van der Waals surface area (Å²) in [5.41, 5.74) is 1.22. The molecule has 1 aliphatic rings. The maximum Gasteiger partial charge on any atom is 0.244 e. The summed E-state index contributed by atoms with van der Waals surface area (Å²) in [7, 11) is -1.69. The molecular formula is C12H22N4O2S. The monoisotopic (exact) mass is 286 g/mol. The standard InChI is InChI=1S/C12H22N4O2S/c1-9-12(10(2)16(3)15-9)19(17,18)14-7-5-11-4-6-13-8-11/h11,13-14H,4-8H2,1-3H3/t11-/m1/s1.